The highest BCUT2D eigenvalue weighted by Crippen LogP contribution is 2.36. The third kappa shape index (κ3) is 2.41. The number of rotatable bonds is 4. The van der Waals surface area contributed by atoms with Crippen molar-refractivity contribution in [3.63, 3.8) is 0 Å². The lowest BCUT2D eigenvalue weighted by Crippen LogP contribution is -2.33. The number of likely N-dealkylation sites (N-methyl/N-ethyl adjacent to an activating group) is 1. The molecule has 2 atom stereocenters. The van der Waals surface area contributed by atoms with E-state index in [1.165, 1.54) is 24.0 Å². The van der Waals surface area contributed by atoms with Gasteiger partial charge in [0, 0.05) is 18.2 Å². The Morgan fingerprint density at radius 3 is 2.95 bits per heavy atom. The second-order valence-corrected chi connectivity index (χ2v) is 5.49. The largest absolute Gasteiger partial charge is 0.383 e. The first kappa shape index (κ1) is 13.1. The molecule has 0 amide bonds. The summed E-state index contributed by atoms with van der Waals surface area (Å²) in [6.07, 6.45) is 5.07. The molecule has 1 aromatic heterocycles. The molecule has 2 unspecified atom stereocenters. The van der Waals surface area contributed by atoms with Crippen molar-refractivity contribution in [2.45, 2.75) is 31.2 Å². The van der Waals surface area contributed by atoms with Gasteiger partial charge in [-0.1, -0.05) is 30.3 Å². The third-order valence-electron chi connectivity index (χ3n) is 4.40. The van der Waals surface area contributed by atoms with Gasteiger partial charge in [0.25, 0.3) is 0 Å². The van der Waals surface area contributed by atoms with Crippen LogP contribution in [0.25, 0.3) is 0 Å². The molecule has 0 saturated carbocycles. The zero-order chi connectivity index (χ0) is 13.9. The lowest BCUT2D eigenvalue weighted by Gasteiger charge is -2.24. The summed E-state index contributed by atoms with van der Waals surface area (Å²) in [7, 11) is 2.04. The van der Waals surface area contributed by atoms with Gasteiger partial charge in [-0.15, -0.1) is 0 Å². The zero-order valence-corrected chi connectivity index (χ0v) is 11.8. The highest BCUT2D eigenvalue weighted by molar-refractivity contribution is 5.41. The van der Waals surface area contributed by atoms with Gasteiger partial charge < -0.3 is 11.1 Å². The van der Waals surface area contributed by atoms with Gasteiger partial charge in [0.2, 0.25) is 0 Å². The van der Waals surface area contributed by atoms with Crippen molar-refractivity contribution in [2.75, 3.05) is 12.8 Å². The topological polar surface area (TPSA) is 50.9 Å². The molecule has 104 valence electrons. The number of pyridine rings is 1. The van der Waals surface area contributed by atoms with Gasteiger partial charge in [-0.05, 0) is 49.1 Å². The van der Waals surface area contributed by atoms with E-state index in [2.05, 4.69) is 40.6 Å². The molecule has 0 spiro atoms. The standard InChI is InChI=1S/C17H21N3/c1-19-16(11-13-6-4-10-20-17(13)18)15-9-8-12-5-2-3-7-14(12)15/h2-7,10,15-16,19H,8-9,11H2,1H3,(H2,18,20). The van der Waals surface area contributed by atoms with Crippen LogP contribution < -0.4 is 11.1 Å². The Balaban J connectivity index is 1.83. The molecule has 1 heterocycles. The number of fused-ring (bicyclic) bond motifs is 1. The number of aromatic nitrogens is 1. The van der Waals surface area contributed by atoms with Gasteiger partial charge in [0.15, 0.2) is 0 Å². The van der Waals surface area contributed by atoms with Crippen LogP contribution in [0.5, 0.6) is 0 Å². The number of nitrogens with two attached hydrogens (primary N) is 1. The molecular weight excluding hydrogens is 246 g/mol. The van der Waals surface area contributed by atoms with E-state index in [4.69, 9.17) is 5.73 Å². The van der Waals surface area contributed by atoms with E-state index in [0.717, 1.165) is 12.0 Å². The fourth-order valence-corrected chi connectivity index (χ4v) is 3.31. The predicted molar refractivity (Wildman–Crippen MR) is 82.7 cm³/mol. The van der Waals surface area contributed by atoms with Crippen LogP contribution in [-0.4, -0.2) is 18.1 Å². The average Bonchev–Trinajstić information content (AvgIpc) is 2.90. The summed E-state index contributed by atoms with van der Waals surface area (Å²) in [5.74, 6) is 1.22. The molecular formula is C17H21N3. The van der Waals surface area contributed by atoms with Crippen LogP contribution in [0.3, 0.4) is 0 Å². The molecule has 1 aromatic carbocycles. The van der Waals surface area contributed by atoms with E-state index in [1.807, 2.05) is 13.1 Å². The number of anilines is 1. The average molecular weight is 267 g/mol. The van der Waals surface area contributed by atoms with Crippen LogP contribution in [-0.2, 0) is 12.8 Å². The Kier molecular flexibility index (Phi) is 3.70. The third-order valence-corrected chi connectivity index (χ3v) is 4.40. The van der Waals surface area contributed by atoms with E-state index in [-0.39, 0.29) is 0 Å². The summed E-state index contributed by atoms with van der Waals surface area (Å²) in [5.41, 5.74) is 10.1. The molecule has 3 N–H and O–H groups in total. The molecule has 3 rings (SSSR count). The Labute approximate surface area is 120 Å². The van der Waals surface area contributed by atoms with E-state index in [1.54, 1.807) is 6.20 Å². The number of nitrogens with zero attached hydrogens (tertiary/aromatic N) is 1. The van der Waals surface area contributed by atoms with E-state index in [9.17, 15) is 0 Å². The second-order valence-electron chi connectivity index (χ2n) is 5.49. The van der Waals surface area contributed by atoms with Crippen molar-refractivity contribution < 1.29 is 0 Å². The van der Waals surface area contributed by atoms with Gasteiger partial charge in [-0.25, -0.2) is 4.98 Å². The summed E-state index contributed by atoms with van der Waals surface area (Å²) in [5, 5.41) is 3.48. The summed E-state index contributed by atoms with van der Waals surface area (Å²) >= 11 is 0. The smallest absolute Gasteiger partial charge is 0.126 e. The molecule has 1 aliphatic rings. The zero-order valence-electron chi connectivity index (χ0n) is 11.8. The van der Waals surface area contributed by atoms with Gasteiger partial charge in [-0.3, -0.25) is 0 Å². The number of benzene rings is 1. The predicted octanol–water partition coefficient (Wildman–Crippen LogP) is 2.52. The lowest BCUT2D eigenvalue weighted by atomic mass is 9.89. The van der Waals surface area contributed by atoms with Crippen molar-refractivity contribution >= 4 is 5.82 Å². The van der Waals surface area contributed by atoms with Crippen LogP contribution in [0.4, 0.5) is 5.82 Å². The molecule has 0 bridgehead atoms. The Bertz CT molecular complexity index is 594. The maximum absolute atomic E-state index is 5.98. The van der Waals surface area contributed by atoms with Crippen LogP contribution in [0.2, 0.25) is 0 Å². The first-order valence-electron chi connectivity index (χ1n) is 7.24. The maximum atomic E-state index is 5.98. The van der Waals surface area contributed by atoms with Gasteiger partial charge in [0.05, 0.1) is 0 Å². The first-order chi connectivity index (χ1) is 9.79. The number of nitrogen functional groups attached to an aromatic ring is 1. The van der Waals surface area contributed by atoms with Crippen molar-refractivity contribution in [2.24, 2.45) is 0 Å². The summed E-state index contributed by atoms with van der Waals surface area (Å²) < 4.78 is 0. The number of aryl methyl sites for hydroxylation is 1. The molecule has 3 nitrogen and oxygen atoms in total. The fourth-order valence-electron chi connectivity index (χ4n) is 3.31. The molecule has 0 aliphatic heterocycles. The van der Waals surface area contributed by atoms with Crippen molar-refractivity contribution in [1.29, 1.82) is 0 Å². The van der Waals surface area contributed by atoms with E-state index >= 15 is 0 Å². The summed E-state index contributed by atoms with van der Waals surface area (Å²) in [4.78, 5) is 4.19. The highest BCUT2D eigenvalue weighted by atomic mass is 14.9. The molecule has 2 aromatic rings. The maximum Gasteiger partial charge on any atom is 0.126 e. The molecule has 0 saturated heterocycles. The minimum absolute atomic E-state index is 0.408. The summed E-state index contributed by atoms with van der Waals surface area (Å²) in [6, 6.07) is 13.2. The first-order valence-corrected chi connectivity index (χ1v) is 7.24. The highest BCUT2D eigenvalue weighted by Gasteiger charge is 2.29. The van der Waals surface area contributed by atoms with E-state index < -0.39 is 0 Å². The quantitative estimate of drug-likeness (QED) is 0.895. The number of hydrogen-bond donors (Lipinski definition) is 2. The number of hydrogen-bond acceptors (Lipinski definition) is 3. The van der Waals surface area contributed by atoms with Crippen LogP contribution >= 0.6 is 0 Å². The Morgan fingerprint density at radius 1 is 1.30 bits per heavy atom. The minimum atomic E-state index is 0.408. The normalized spacial score (nSPS) is 18.8. The molecule has 0 fully saturated rings. The minimum Gasteiger partial charge on any atom is -0.383 e. The van der Waals surface area contributed by atoms with Crippen LogP contribution in [0, 0.1) is 0 Å². The fraction of sp³-hybridized carbons (Fsp3) is 0.353. The lowest BCUT2D eigenvalue weighted by molar-refractivity contribution is 0.456. The van der Waals surface area contributed by atoms with Crippen molar-refractivity contribution in [1.82, 2.24) is 10.3 Å². The monoisotopic (exact) mass is 267 g/mol. The van der Waals surface area contributed by atoms with Crippen molar-refractivity contribution in [3.8, 4) is 0 Å². The van der Waals surface area contributed by atoms with Crippen molar-refractivity contribution in [3.05, 3.63) is 59.3 Å². The summed E-state index contributed by atoms with van der Waals surface area (Å²) in [6.45, 7) is 0. The van der Waals surface area contributed by atoms with Gasteiger partial charge in [0.1, 0.15) is 5.82 Å². The Morgan fingerprint density at radius 2 is 2.15 bits per heavy atom. The van der Waals surface area contributed by atoms with Crippen LogP contribution in [0.1, 0.15) is 29.0 Å². The second kappa shape index (κ2) is 5.63. The van der Waals surface area contributed by atoms with Crippen LogP contribution in [0.15, 0.2) is 42.6 Å². The van der Waals surface area contributed by atoms with Gasteiger partial charge >= 0.3 is 0 Å². The van der Waals surface area contributed by atoms with Gasteiger partial charge in [-0.2, -0.15) is 0 Å². The molecule has 1 aliphatic carbocycles. The SMILES string of the molecule is CNC(Cc1cccnc1N)C1CCc2ccccc21. The van der Waals surface area contributed by atoms with E-state index in [0.29, 0.717) is 17.8 Å². The molecule has 0 radical (unpaired) electrons. The molecule has 3 heteroatoms. The number of nitrogens with one attached hydrogen (secondary N) is 1. The Hall–Kier alpha value is -1.87. The molecule has 20 heavy (non-hydrogen) atoms.